The number of hydrogen-bond donors (Lipinski definition) is 2. The molecule has 3 rings (SSSR count). The van der Waals surface area contributed by atoms with Gasteiger partial charge in [-0.1, -0.05) is 12.1 Å². The largest absolute Gasteiger partial charge is 0.348 e. The highest BCUT2D eigenvalue weighted by Gasteiger charge is 2.31. The van der Waals surface area contributed by atoms with Gasteiger partial charge in [-0.15, -0.1) is 36.2 Å². The van der Waals surface area contributed by atoms with Crippen molar-refractivity contribution in [3.05, 3.63) is 40.2 Å². The summed E-state index contributed by atoms with van der Waals surface area (Å²) in [6, 6.07) is 7.70. The van der Waals surface area contributed by atoms with Gasteiger partial charge in [0.15, 0.2) is 0 Å². The molecule has 7 heteroatoms. The zero-order valence-corrected chi connectivity index (χ0v) is 15.3. The Morgan fingerprint density at radius 1 is 1.43 bits per heavy atom. The van der Waals surface area contributed by atoms with Crippen molar-refractivity contribution in [1.82, 2.24) is 10.3 Å². The number of rotatable bonds is 5. The first kappa shape index (κ1) is 19.9. The monoisotopic (exact) mass is 373 g/mol. The molecule has 0 saturated heterocycles. The van der Waals surface area contributed by atoms with E-state index in [0.717, 1.165) is 16.3 Å². The molecule has 0 aliphatic heterocycles. The first-order valence-corrected chi connectivity index (χ1v) is 8.09. The number of aromatic nitrogens is 1. The zero-order valence-electron chi connectivity index (χ0n) is 12.8. The lowest BCUT2D eigenvalue weighted by molar-refractivity contribution is 0.0933. The lowest BCUT2D eigenvalue weighted by atomic mass is 10.1. The van der Waals surface area contributed by atoms with Crippen LogP contribution < -0.4 is 11.1 Å². The van der Waals surface area contributed by atoms with E-state index in [9.17, 15) is 4.79 Å². The molecule has 1 saturated carbocycles. The Labute approximate surface area is 152 Å². The zero-order chi connectivity index (χ0) is 14.8. The van der Waals surface area contributed by atoms with Gasteiger partial charge in [0.05, 0.1) is 10.7 Å². The summed E-state index contributed by atoms with van der Waals surface area (Å²) in [5.74, 6) is 0.509. The van der Waals surface area contributed by atoms with E-state index in [-0.39, 0.29) is 36.8 Å². The van der Waals surface area contributed by atoms with E-state index in [0.29, 0.717) is 18.0 Å². The minimum Gasteiger partial charge on any atom is -0.348 e. The molecule has 1 aromatic carbocycles. The van der Waals surface area contributed by atoms with Crippen LogP contribution in [0.15, 0.2) is 29.6 Å². The minimum atomic E-state index is -0.0499. The molecule has 2 aromatic rings. The van der Waals surface area contributed by atoms with Crippen molar-refractivity contribution in [3.8, 4) is 11.3 Å². The summed E-state index contributed by atoms with van der Waals surface area (Å²) in [7, 11) is 0. The third-order valence-electron chi connectivity index (χ3n) is 3.80. The predicted molar refractivity (Wildman–Crippen MR) is 99.8 cm³/mol. The third-order valence-corrected chi connectivity index (χ3v) is 4.57. The summed E-state index contributed by atoms with van der Waals surface area (Å²) >= 11 is 1.61. The van der Waals surface area contributed by atoms with Gasteiger partial charge >= 0.3 is 0 Å². The van der Waals surface area contributed by atoms with Crippen molar-refractivity contribution >= 4 is 42.1 Å². The van der Waals surface area contributed by atoms with Gasteiger partial charge in [-0.05, 0) is 37.8 Å². The van der Waals surface area contributed by atoms with E-state index in [1.807, 2.05) is 36.6 Å². The second kappa shape index (κ2) is 8.64. The second-order valence-corrected chi connectivity index (χ2v) is 6.55. The van der Waals surface area contributed by atoms with Gasteiger partial charge in [-0.3, -0.25) is 4.79 Å². The van der Waals surface area contributed by atoms with E-state index in [1.165, 1.54) is 12.8 Å². The lowest BCUT2D eigenvalue weighted by Crippen LogP contribution is -2.41. The molecule has 1 atom stereocenters. The molecule has 1 heterocycles. The number of nitrogens with zero attached hydrogens (tertiary/aromatic N) is 1. The van der Waals surface area contributed by atoms with Crippen molar-refractivity contribution < 1.29 is 4.79 Å². The van der Waals surface area contributed by atoms with Gasteiger partial charge in [-0.25, -0.2) is 4.98 Å². The number of nitrogens with two attached hydrogens (primary N) is 1. The molecule has 0 radical (unpaired) electrons. The fourth-order valence-electron chi connectivity index (χ4n) is 2.44. The molecule has 126 valence electrons. The molecule has 4 nitrogen and oxygen atoms in total. The van der Waals surface area contributed by atoms with Gasteiger partial charge in [0.25, 0.3) is 5.91 Å². The maximum atomic E-state index is 12.4. The number of thiazole rings is 1. The number of benzene rings is 1. The number of carbonyl (C=O) groups excluding carboxylic acids is 1. The third kappa shape index (κ3) is 4.91. The molecule has 0 bridgehead atoms. The number of halogens is 2. The van der Waals surface area contributed by atoms with E-state index >= 15 is 0 Å². The maximum absolute atomic E-state index is 12.4. The predicted octanol–water partition coefficient (Wildman–Crippen LogP) is 3.43. The van der Waals surface area contributed by atoms with Crippen LogP contribution in [0.5, 0.6) is 0 Å². The Kier molecular flexibility index (Phi) is 7.48. The molecule has 3 N–H and O–H groups in total. The molecule has 1 amide bonds. The van der Waals surface area contributed by atoms with Crippen LogP contribution in [0.1, 0.15) is 28.2 Å². The van der Waals surface area contributed by atoms with Crippen molar-refractivity contribution in [3.63, 3.8) is 0 Å². The molecule has 0 spiro atoms. The van der Waals surface area contributed by atoms with Crippen LogP contribution in [0.2, 0.25) is 0 Å². The highest BCUT2D eigenvalue weighted by molar-refractivity contribution is 7.09. The van der Waals surface area contributed by atoms with Crippen molar-refractivity contribution in [2.24, 2.45) is 11.7 Å². The van der Waals surface area contributed by atoms with Crippen LogP contribution >= 0.6 is 36.2 Å². The summed E-state index contributed by atoms with van der Waals surface area (Å²) < 4.78 is 0. The fraction of sp³-hybridized carbons (Fsp3) is 0.375. The van der Waals surface area contributed by atoms with Crippen molar-refractivity contribution in [1.29, 1.82) is 0 Å². The summed E-state index contributed by atoms with van der Waals surface area (Å²) in [5.41, 5.74) is 8.30. The van der Waals surface area contributed by atoms with E-state index in [4.69, 9.17) is 5.73 Å². The average molecular weight is 374 g/mol. The first-order chi connectivity index (χ1) is 10.2. The SMILES string of the molecule is Cc1nc(-c2cccc(C(=O)NC(CN)C3CC3)c2)cs1.Cl.Cl. The molecule has 1 aliphatic carbocycles. The Morgan fingerprint density at radius 2 is 2.17 bits per heavy atom. The van der Waals surface area contributed by atoms with Gasteiger partial charge in [0.2, 0.25) is 0 Å². The molecule has 23 heavy (non-hydrogen) atoms. The Balaban J connectivity index is 0.00000132. The lowest BCUT2D eigenvalue weighted by Gasteiger charge is -2.16. The van der Waals surface area contributed by atoms with Gasteiger partial charge in [0, 0.05) is 29.1 Å². The van der Waals surface area contributed by atoms with Crippen molar-refractivity contribution in [2.45, 2.75) is 25.8 Å². The van der Waals surface area contributed by atoms with Gasteiger partial charge < -0.3 is 11.1 Å². The molecule has 1 fully saturated rings. The maximum Gasteiger partial charge on any atom is 0.251 e. The number of aryl methyl sites for hydroxylation is 1. The topological polar surface area (TPSA) is 68.0 Å². The fourth-order valence-corrected chi connectivity index (χ4v) is 3.06. The quantitative estimate of drug-likeness (QED) is 0.843. The standard InChI is InChI=1S/C16H19N3OS.2ClH/c1-10-18-15(9-21-10)12-3-2-4-13(7-12)16(20)19-14(8-17)11-5-6-11;;/h2-4,7,9,11,14H,5-6,8,17H2,1H3,(H,19,20);2*1H. The van der Waals surface area contributed by atoms with Crippen LogP contribution in [0, 0.1) is 12.8 Å². The Morgan fingerprint density at radius 3 is 2.74 bits per heavy atom. The number of amides is 1. The molecule has 1 aromatic heterocycles. The normalized spacial score (nSPS) is 14.3. The molecular weight excluding hydrogens is 353 g/mol. The van der Waals surface area contributed by atoms with E-state index in [1.54, 1.807) is 11.3 Å². The second-order valence-electron chi connectivity index (χ2n) is 5.49. The molecule has 1 unspecified atom stereocenters. The number of nitrogens with one attached hydrogen (secondary N) is 1. The first-order valence-electron chi connectivity index (χ1n) is 7.21. The van der Waals surface area contributed by atoms with E-state index < -0.39 is 0 Å². The van der Waals surface area contributed by atoms with Crippen LogP contribution in [-0.2, 0) is 0 Å². The average Bonchev–Trinajstić information content (AvgIpc) is 3.25. The van der Waals surface area contributed by atoms with Crippen LogP contribution in [0.25, 0.3) is 11.3 Å². The summed E-state index contributed by atoms with van der Waals surface area (Å²) in [6.07, 6.45) is 2.33. The number of carbonyl (C=O) groups is 1. The van der Waals surface area contributed by atoms with Crippen LogP contribution in [0.4, 0.5) is 0 Å². The minimum absolute atomic E-state index is 0. The summed E-state index contributed by atoms with van der Waals surface area (Å²) in [4.78, 5) is 16.8. The molecule has 1 aliphatic rings. The Hall–Kier alpha value is -1.14. The van der Waals surface area contributed by atoms with Crippen molar-refractivity contribution in [2.75, 3.05) is 6.54 Å². The van der Waals surface area contributed by atoms with Gasteiger partial charge in [0.1, 0.15) is 0 Å². The highest BCUT2D eigenvalue weighted by Crippen LogP contribution is 2.32. The Bertz CT molecular complexity index is 658. The molecular formula is C16H21Cl2N3OS. The number of hydrogen-bond acceptors (Lipinski definition) is 4. The van der Waals surface area contributed by atoms with E-state index in [2.05, 4.69) is 10.3 Å². The van der Waals surface area contributed by atoms with Crippen LogP contribution in [0.3, 0.4) is 0 Å². The van der Waals surface area contributed by atoms with Crippen LogP contribution in [-0.4, -0.2) is 23.5 Å². The summed E-state index contributed by atoms with van der Waals surface area (Å²) in [6.45, 7) is 2.48. The van der Waals surface area contributed by atoms with Gasteiger partial charge in [-0.2, -0.15) is 0 Å². The highest BCUT2D eigenvalue weighted by atomic mass is 35.5. The smallest absolute Gasteiger partial charge is 0.251 e. The summed E-state index contributed by atoms with van der Waals surface area (Å²) in [5, 5.41) is 6.08.